The molecule has 144 valence electrons. The maximum absolute atomic E-state index is 12.6. The summed E-state index contributed by atoms with van der Waals surface area (Å²) in [4.78, 5) is 28.6. The zero-order chi connectivity index (χ0) is 19.2. The first-order chi connectivity index (χ1) is 13.0. The van der Waals surface area contributed by atoms with Crippen LogP contribution in [0.4, 0.5) is 0 Å². The first kappa shape index (κ1) is 19.2. The van der Waals surface area contributed by atoms with Gasteiger partial charge in [-0.1, -0.05) is 30.3 Å². The molecule has 1 aromatic carbocycles. The van der Waals surface area contributed by atoms with Crippen LogP contribution >= 0.6 is 0 Å². The Morgan fingerprint density at radius 2 is 2.04 bits per heavy atom. The number of rotatable bonds is 8. The second-order valence-electron chi connectivity index (χ2n) is 7.22. The monoisotopic (exact) mass is 369 g/mol. The third-order valence-electron chi connectivity index (χ3n) is 5.06. The zero-order valence-corrected chi connectivity index (χ0v) is 15.9. The van der Waals surface area contributed by atoms with Crippen LogP contribution in [0.15, 0.2) is 53.1 Å². The largest absolute Gasteiger partial charge is 0.468 e. The molecule has 0 unspecified atom stereocenters. The van der Waals surface area contributed by atoms with Gasteiger partial charge in [-0.15, -0.1) is 0 Å². The number of nitrogens with zero attached hydrogens (tertiary/aromatic N) is 2. The highest BCUT2D eigenvalue weighted by Crippen LogP contribution is 2.20. The number of benzene rings is 1. The Balaban J connectivity index is 1.49. The fourth-order valence-corrected chi connectivity index (χ4v) is 3.43. The van der Waals surface area contributed by atoms with Gasteiger partial charge in [-0.3, -0.25) is 14.5 Å². The van der Waals surface area contributed by atoms with E-state index in [-0.39, 0.29) is 30.2 Å². The molecule has 1 aliphatic rings. The van der Waals surface area contributed by atoms with Crippen LogP contribution in [-0.2, 0) is 16.0 Å². The summed E-state index contributed by atoms with van der Waals surface area (Å²) in [6, 6.07) is 13.8. The molecular weight excluding hydrogens is 342 g/mol. The highest BCUT2D eigenvalue weighted by molar-refractivity contribution is 5.89. The normalized spacial score (nSPS) is 18.1. The van der Waals surface area contributed by atoms with Crippen LogP contribution in [-0.4, -0.2) is 55.3 Å². The lowest BCUT2D eigenvalue weighted by Gasteiger charge is -2.23. The van der Waals surface area contributed by atoms with Gasteiger partial charge in [0.05, 0.1) is 18.2 Å². The molecule has 0 aliphatic carbocycles. The Hall–Kier alpha value is -2.60. The Morgan fingerprint density at radius 3 is 2.70 bits per heavy atom. The molecule has 6 heteroatoms. The van der Waals surface area contributed by atoms with Gasteiger partial charge in [0.1, 0.15) is 5.76 Å². The number of hydrogen-bond donors (Lipinski definition) is 1. The summed E-state index contributed by atoms with van der Waals surface area (Å²) < 4.78 is 5.47. The first-order valence-corrected chi connectivity index (χ1v) is 9.34. The standard InChI is InChI=1S/C21H27N3O3/c1-23(2)18(19-9-6-12-27-19)14-22-21(26)17-13-20(25)24(15-17)11-10-16-7-4-3-5-8-16/h3-9,12,17-18H,10-11,13-15H2,1-2H3,(H,22,26)/t17-,18+/m1/s1. The van der Waals surface area contributed by atoms with Gasteiger partial charge in [0, 0.05) is 26.1 Å². The van der Waals surface area contributed by atoms with Gasteiger partial charge in [-0.25, -0.2) is 0 Å². The average molecular weight is 369 g/mol. The lowest BCUT2D eigenvalue weighted by Crippen LogP contribution is -2.38. The highest BCUT2D eigenvalue weighted by Gasteiger charge is 2.34. The number of hydrogen-bond acceptors (Lipinski definition) is 4. The van der Waals surface area contributed by atoms with Crippen LogP contribution in [0, 0.1) is 5.92 Å². The minimum Gasteiger partial charge on any atom is -0.468 e. The van der Waals surface area contributed by atoms with Gasteiger partial charge in [0.25, 0.3) is 0 Å². The average Bonchev–Trinajstić information content (AvgIpc) is 3.31. The number of carbonyl (C=O) groups excluding carboxylic acids is 2. The van der Waals surface area contributed by atoms with Crippen molar-refractivity contribution in [2.75, 3.05) is 33.7 Å². The molecule has 1 saturated heterocycles. The molecule has 2 atom stereocenters. The van der Waals surface area contributed by atoms with Gasteiger partial charge in [0.15, 0.2) is 0 Å². The third-order valence-corrected chi connectivity index (χ3v) is 5.06. The summed E-state index contributed by atoms with van der Waals surface area (Å²) in [7, 11) is 3.90. The van der Waals surface area contributed by atoms with Crippen molar-refractivity contribution < 1.29 is 14.0 Å². The number of amides is 2. The maximum Gasteiger partial charge on any atom is 0.225 e. The molecule has 27 heavy (non-hydrogen) atoms. The van der Waals surface area contributed by atoms with E-state index in [9.17, 15) is 9.59 Å². The van der Waals surface area contributed by atoms with Gasteiger partial charge in [0.2, 0.25) is 11.8 Å². The van der Waals surface area contributed by atoms with Crippen molar-refractivity contribution in [3.8, 4) is 0 Å². The van der Waals surface area contributed by atoms with E-state index in [1.165, 1.54) is 5.56 Å². The molecule has 0 spiro atoms. The quantitative estimate of drug-likeness (QED) is 0.774. The van der Waals surface area contributed by atoms with E-state index in [4.69, 9.17) is 4.42 Å². The van der Waals surface area contributed by atoms with Gasteiger partial charge >= 0.3 is 0 Å². The predicted molar refractivity (Wildman–Crippen MR) is 103 cm³/mol. The molecule has 2 aromatic rings. The number of carbonyl (C=O) groups is 2. The summed E-state index contributed by atoms with van der Waals surface area (Å²) in [5.74, 6) is 0.519. The summed E-state index contributed by atoms with van der Waals surface area (Å²) in [6.07, 6.45) is 2.73. The van der Waals surface area contributed by atoms with Gasteiger partial charge < -0.3 is 14.6 Å². The van der Waals surface area contributed by atoms with Crippen LogP contribution in [0.2, 0.25) is 0 Å². The van der Waals surface area contributed by atoms with Crippen LogP contribution in [0.1, 0.15) is 23.8 Å². The zero-order valence-electron chi connectivity index (χ0n) is 15.9. The first-order valence-electron chi connectivity index (χ1n) is 9.34. The summed E-state index contributed by atoms with van der Waals surface area (Å²) in [6.45, 7) is 1.60. The fourth-order valence-electron chi connectivity index (χ4n) is 3.43. The van der Waals surface area contributed by atoms with Crippen molar-refractivity contribution in [2.24, 2.45) is 5.92 Å². The van der Waals surface area contributed by atoms with Gasteiger partial charge in [-0.05, 0) is 38.2 Å². The van der Waals surface area contributed by atoms with E-state index in [0.29, 0.717) is 19.6 Å². The van der Waals surface area contributed by atoms with E-state index >= 15 is 0 Å². The van der Waals surface area contributed by atoms with Crippen LogP contribution in [0.5, 0.6) is 0 Å². The summed E-state index contributed by atoms with van der Waals surface area (Å²) in [5, 5.41) is 2.99. The molecule has 2 amide bonds. The molecule has 2 heterocycles. The number of likely N-dealkylation sites (N-methyl/N-ethyl adjacent to an activating group) is 1. The molecule has 0 radical (unpaired) electrons. The molecule has 3 rings (SSSR count). The fraction of sp³-hybridized carbons (Fsp3) is 0.429. The summed E-state index contributed by atoms with van der Waals surface area (Å²) >= 11 is 0. The Bertz CT molecular complexity index is 743. The number of likely N-dealkylation sites (tertiary alicyclic amines) is 1. The van der Waals surface area contributed by atoms with E-state index < -0.39 is 0 Å². The maximum atomic E-state index is 12.6. The van der Waals surface area contributed by atoms with Crippen molar-refractivity contribution in [2.45, 2.75) is 18.9 Å². The second-order valence-corrected chi connectivity index (χ2v) is 7.22. The topological polar surface area (TPSA) is 65.8 Å². The summed E-state index contributed by atoms with van der Waals surface area (Å²) in [5.41, 5.74) is 1.20. The lowest BCUT2D eigenvalue weighted by molar-refractivity contribution is -0.129. The smallest absolute Gasteiger partial charge is 0.225 e. The van der Waals surface area contributed by atoms with Gasteiger partial charge in [-0.2, -0.15) is 0 Å². The van der Waals surface area contributed by atoms with Crippen LogP contribution < -0.4 is 5.32 Å². The Kier molecular flexibility index (Phi) is 6.29. The van der Waals surface area contributed by atoms with E-state index in [0.717, 1.165) is 12.2 Å². The minimum atomic E-state index is -0.285. The molecule has 1 N–H and O–H groups in total. The molecule has 0 saturated carbocycles. The third kappa shape index (κ3) is 4.98. The van der Waals surface area contributed by atoms with Crippen molar-refractivity contribution >= 4 is 11.8 Å². The number of nitrogens with one attached hydrogen (secondary N) is 1. The predicted octanol–water partition coefficient (Wildman–Crippen LogP) is 2.09. The molecule has 6 nitrogen and oxygen atoms in total. The van der Waals surface area contributed by atoms with Crippen LogP contribution in [0.25, 0.3) is 0 Å². The lowest BCUT2D eigenvalue weighted by atomic mass is 10.1. The SMILES string of the molecule is CN(C)[C@@H](CNC(=O)[C@@H]1CC(=O)N(CCc2ccccc2)C1)c1ccco1. The number of furan rings is 1. The molecule has 1 aromatic heterocycles. The van der Waals surface area contributed by atoms with Crippen molar-refractivity contribution in [1.82, 2.24) is 15.1 Å². The van der Waals surface area contributed by atoms with E-state index in [1.54, 1.807) is 11.2 Å². The molecule has 1 fully saturated rings. The minimum absolute atomic E-state index is 0.0322. The Labute approximate surface area is 160 Å². The Morgan fingerprint density at radius 1 is 1.26 bits per heavy atom. The van der Waals surface area contributed by atoms with Crippen molar-refractivity contribution in [3.63, 3.8) is 0 Å². The molecule has 1 aliphatic heterocycles. The molecular formula is C21H27N3O3. The highest BCUT2D eigenvalue weighted by atomic mass is 16.3. The van der Waals surface area contributed by atoms with E-state index in [2.05, 4.69) is 17.4 Å². The van der Waals surface area contributed by atoms with E-state index in [1.807, 2.05) is 49.3 Å². The van der Waals surface area contributed by atoms with Crippen LogP contribution in [0.3, 0.4) is 0 Å². The van der Waals surface area contributed by atoms with Crippen molar-refractivity contribution in [1.29, 1.82) is 0 Å². The molecule has 0 bridgehead atoms. The second kappa shape index (κ2) is 8.86. The van der Waals surface area contributed by atoms with Crippen molar-refractivity contribution in [3.05, 3.63) is 60.1 Å².